The van der Waals surface area contributed by atoms with Crippen molar-refractivity contribution in [2.75, 3.05) is 0 Å². The third kappa shape index (κ3) is 18.7. The summed E-state index contributed by atoms with van der Waals surface area (Å²) in [5.74, 6) is 0. The standard InChI is InChI=1S/Cu.Mn.Na.Ti.Zn.H/q;;+1;;;-1. The number of rotatable bonds is 0. The fourth-order valence-corrected chi connectivity index (χ4v) is 0. The van der Waals surface area contributed by atoms with Crippen molar-refractivity contribution in [3.05, 3.63) is 0 Å². The monoisotopic (exact) mass is 254 g/mol. The molecule has 0 aliphatic rings. The van der Waals surface area contributed by atoms with Gasteiger partial charge in [0.15, 0.2) is 0 Å². The number of hydrogen-bond acceptors (Lipinski definition) is 0. The van der Waals surface area contributed by atoms with Gasteiger partial charge in [-0.05, 0) is 0 Å². The summed E-state index contributed by atoms with van der Waals surface area (Å²) in [5.41, 5.74) is 0. The smallest absolute Gasteiger partial charge is 1.00 e. The summed E-state index contributed by atoms with van der Waals surface area (Å²) in [5, 5.41) is 0. The SMILES string of the molecule is [Cu].[H-].[Mn].[Na+].[Ti].[Zn]. The van der Waals surface area contributed by atoms with Crippen molar-refractivity contribution in [3.63, 3.8) is 0 Å². The predicted octanol–water partition coefficient (Wildman–Crippen LogP) is -2.89. The van der Waals surface area contributed by atoms with Crippen molar-refractivity contribution in [1.82, 2.24) is 0 Å². The molecule has 0 nitrogen and oxygen atoms in total. The molecule has 26 valence electrons. The van der Waals surface area contributed by atoms with Crippen LogP contribution in [-0.2, 0) is 75.3 Å². The maximum Gasteiger partial charge on any atom is 1.00 e. The zero-order valence-corrected chi connectivity index (χ0v) is 11.5. The molecule has 0 heterocycles. The van der Waals surface area contributed by atoms with Crippen LogP contribution >= 0.6 is 0 Å². The van der Waals surface area contributed by atoms with E-state index in [1.54, 1.807) is 0 Å². The zero-order chi connectivity index (χ0) is 0. The molecule has 2 radical (unpaired) electrons. The Morgan fingerprint density at radius 3 is 1.20 bits per heavy atom. The minimum Gasteiger partial charge on any atom is -1.00 e. The van der Waals surface area contributed by atoms with E-state index in [0.717, 1.165) is 0 Å². The van der Waals surface area contributed by atoms with Crippen LogP contribution in [0, 0.1) is 0 Å². The van der Waals surface area contributed by atoms with Gasteiger partial charge >= 0.3 is 29.6 Å². The molecule has 0 aliphatic carbocycles. The van der Waals surface area contributed by atoms with E-state index in [1.165, 1.54) is 0 Å². The van der Waals surface area contributed by atoms with E-state index in [-0.39, 0.29) is 106 Å². The van der Waals surface area contributed by atoms with E-state index in [9.17, 15) is 0 Å². The van der Waals surface area contributed by atoms with Gasteiger partial charge in [-0.3, -0.25) is 0 Å². The van der Waals surface area contributed by atoms with Crippen molar-refractivity contribution in [3.8, 4) is 0 Å². The van der Waals surface area contributed by atoms with Crippen molar-refractivity contribution in [2.45, 2.75) is 0 Å². The van der Waals surface area contributed by atoms with E-state index < -0.39 is 0 Å². The molecule has 0 amide bonds. The van der Waals surface area contributed by atoms with Crippen molar-refractivity contribution >= 4 is 0 Å². The minimum absolute atomic E-state index is 0. The molecule has 0 saturated heterocycles. The molecule has 0 saturated carbocycles. The minimum atomic E-state index is 0. The van der Waals surface area contributed by atoms with E-state index in [1.807, 2.05) is 0 Å². The van der Waals surface area contributed by atoms with Crippen LogP contribution in [0.15, 0.2) is 0 Å². The van der Waals surface area contributed by atoms with Gasteiger partial charge in [-0.25, -0.2) is 0 Å². The van der Waals surface area contributed by atoms with E-state index in [0.29, 0.717) is 0 Å². The molecular weight excluding hydrogens is 255 g/mol. The molecule has 0 aromatic carbocycles. The Balaban J connectivity index is 0. The predicted molar refractivity (Wildman–Crippen MR) is 1.11 cm³/mol. The summed E-state index contributed by atoms with van der Waals surface area (Å²) >= 11 is 0. The maximum atomic E-state index is 0. The van der Waals surface area contributed by atoms with Gasteiger partial charge in [0.25, 0.3) is 0 Å². The Morgan fingerprint density at radius 2 is 1.20 bits per heavy atom. The fraction of sp³-hybridized carbons (Fsp3) is 0. The summed E-state index contributed by atoms with van der Waals surface area (Å²) in [6.45, 7) is 0. The Labute approximate surface area is 104 Å². The first-order valence-corrected chi connectivity index (χ1v) is 0. The van der Waals surface area contributed by atoms with Crippen LogP contribution in [0.4, 0.5) is 0 Å². The first-order chi connectivity index (χ1) is 0. The molecule has 0 fully saturated rings. The first-order valence-electron chi connectivity index (χ1n) is 0. The second kappa shape index (κ2) is 26.3. The first kappa shape index (κ1) is 40.0. The van der Waals surface area contributed by atoms with Crippen LogP contribution in [0.3, 0.4) is 0 Å². The summed E-state index contributed by atoms with van der Waals surface area (Å²) in [4.78, 5) is 0. The maximum absolute atomic E-state index is 0. The molecule has 0 aliphatic heterocycles. The molecule has 5 heavy (non-hydrogen) atoms. The Bertz CT molecular complexity index is 15.5. The van der Waals surface area contributed by atoms with Crippen molar-refractivity contribution in [2.24, 2.45) is 0 Å². The van der Waals surface area contributed by atoms with Crippen LogP contribution < -0.4 is 29.6 Å². The van der Waals surface area contributed by atoms with E-state index >= 15 is 0 Å². The molecule has 0 spiro atoms. The molecule has 0 aromatic heterocycles. The summed E-state index contributed by atoms with van der Waals surface area (Å²) in [7, 11) is 0. The topological polar surface area (TPSA) is 0 Å². The largest absolute Gasteiger partial charge is 1.00 e. The molecule has 0 rings (SSSR count). The van der Waals surface area contributed by atoms with E-state index in [2.05, 4.69) is 0 Å². The molecular formula is HCuMnNaTiZn. The summed E-state index contributed by atoms with van der Waals surface area (Å²) in [6.07, 6.45) is 0. The van der Waals surface area contributed by atoms with Crippen molar-refractivity contribution < 1.29 is 106 Å². The van der Waals surface area contributed by atoms with Gasteiger partial charge in [0.2, 0.25) is 0 Å². The second-order valence-electron chi connectivity index (χ2n) is 0. The van der Waals surface area contributed by atoms with Crippen LogP contribution in [-0.4, -0.2) is 0 Å². The fourth-order valence-electron chi connectivity index (χ4n) is 0. The zero-order valence-electron chi connectivity index (χ0n) is 3.89. The van der Waals surface area contributed by atoms with Crippen molar-refractivity contribution in [1.29, 1.82) is 0 Å². The molecule has 0 atom stereocenters. The Hall–Kier alpha value is 3.38. The van der Waals surface area contributed by atoms with Gasteiger partial charge in [0.1, 0.15) is 0 Å². The Morgan fingerprint density at radius 1 is 1.20 bits per heavy atom. The molecule has 0 bridgehead atoms. The van der Waals surface area contributed by atoms with Crippen LogP contribution in [0.2, 0.25) is 0 Å². The third-order valence-corrected chi connectivity index (χ3v) is 0. The van der Waals surface area contributed by atoms with Crippen LogP contribution in [0.1, 0.15) is 1.43 Å². The normalized spacial score (nSPS) is 0. The molecule has 5 heteroatoms. The van der Waals surface area contributed by atoms with Gasteiger partial charge in [-0.15, -0.1) is 0 Å². The molecule has 0 aromatic rings. The quantitative estimate of drug-likeness (QED) is 0.408. The summed E-state index contributed by atoms with van der Waals surface area (Å²) < 4.78 is 0. The molecule has 0 N–H and O–H groups in total. The van der Waals surface area contributed by atoms with Gasteiger partial charge in [-0.2, -0.15) is 0 Å². The average Bonchev–Trinajstić information content (AvgIpc) is 0. The van der Waals surface area contributed by atoms with Gasteiger partial charge in [0.05, 0.1) is 0 Å². The van der Waals surface area contributed by atoms with Crippen LogP contribution in [0.25, 0.3) is 0 Å². The molecule has 0 unspecified atom stereocenters. The average molecular weight is 256 g/mol. The van der Waals surface area contributed by atoms with Gasteiger partial charge in [0, 0.05) is 75.3 Å². The second-order valence-corrected chi connectivity index (χ2v) is 0. The van der Waals surface area contributed by atoms with Gasteiger partial charge in [-0.1, -0.05) is 0 Å². The van der Waals surface area contributed by atoms with Gasteiger partial charge < -0.3 is 1.43 Å². The third-order valence-electron chi connectivity index (χ3n) is 0. The number of hydrogen-bond donors (Lipinski definition) is 0. The summed E-state index contributed by atoms with van der Waals surface area (Å²) in [6, 6.07) is 0. The Kier molecular flexibility index (Phi) is 210. The van der Waals surface area contributed by atoms with Crippen LogP contribution in [0.5, 0.6) is 0 Å². The van der Waals surface area contributed by atoms with E-state index in [4.69, 9.17) is 0 Å².